The van der Waals surface area contributed by atoms with Crippen molar-refractivity contribution in [3.63, 3.8) is 0 Å². The molecule has 0 spiro atoms. The third-order valence-corrected chi connectivity index (χ3v) is 9.78. The van der Waals surface area contributed by atoms with E-state index < -0.39 is 5.41 Å². The van der Waals surface area contributed by atoms with Crippen LogP contribution in [0.5, 0.6) is 0 Å². The Morgan fingerprint density at radius 3 is 2.47 bits per heavy atom. The number of esters is 1. The molecule has 1 saturated carbocycles. The first-order chi connectivity index (χ1) is 22.0. The highest BCUT2D eigenvalue weighted by Gasteiger charge is 2.51. The molecule has 0 radical (unpaired) electrons. The van der Waals surface area contributed by atoms with Crippen molar-refractivity contribution in [3.8, 4) is 22.5 Å². The standard InChI is InChI=1S/C36H44N6O3/c1-4-6-8-15-31-30(24-26-16-18-27(19-17-26)28-13-9-10-14-29(28)33-37-39-40-38-33)34(43)41-23-20-25(3)32(42(31)41)36(35(44)45-5-2)21-11-7-12-22-36/h9-10,13-14,16-20,32H,4-8,11-12,15,21-24H2,1-3H3,(H,37,38,39,40). The monoisotopic (exact) mass is 608 g/mol. The second-order valence-corrected chi connectivity index (χ2v) is 12.6. The maximum Gasteiger partial charge on any atom is 0.314 e. The number of ether oxygens (including phenoxy) is 1. The molecule has 1 unspecified atom stereocenters. The highest BCUT2D eigenvalue weighted by atomic mass is 16.5. The number of carbonyl (C=O) groups is 1. The van der Waals surface area contributed by atoms with Crippen molar-refractivity contribution in [2.24, 2.45) is 5.41 Å². The smallest absolute Gasteiger partial charge is 0.314 e. The molecule has 1 aliphatic carbocycles. The van der Waals surface area contributed by atoms with E-state index in [1.807, 2.05) is 29.8 Å². The number of fused-ring (bicyclic) bond motifs is 1. The largest absolute Gasteiger partial charge is 0.465 e. The molecule has 236 valence electrons. The molecule has 2 aromatic heterocycles. The zero-order chi connectivity index (χ0) is 31.4. The summed E-state index contributed by atoms with van der Waals surface area (Å²) in [5.74, 6) is 0.505. The van der Waals surface area contributed by atoms with E-state index in [1.54, 1.807) is 0 Å². The Morgan fingerprint density at radius 1 is 1.02 bits per heavy atom. The summed E-state index contributed by atoms with van der Waals surface area (Å²) in [6, 6.07) is 16.3. The number of aromatic nitrogens is 6. The van der Waals surface area contributed by atoms with Crippen LogP contribution in [0.25, 0.3) is 22.5 Å². The van der Waals surface area contributed by atoms with Gasteiger partial charge in [-0.2, -0.15) is 0 Å². The molecule has 1 N–H and O–H groups in total. The van der Waals surface area contributed by atoms with E-state index in [0.717, 1.165) is 96.9 Å². The molecule has 9 heteroatoms. The first-order valence-corrected chi connectivity index (χ1v) is 16.6. The number of tetrazole rings is 1. The first kappa shape index (κ1) is 30.7. The van der Waals surface area contributed by atoms with E-state index in [0.29, 0.717) is 25.4 Å². The quantitative estimate of drug-likeness (QED) is 0.114. The Hall–Kier alpha value is -4.27. The van der Waals surface area contributed by atoms with E-state index in [2.05, 4.69) is 75.6 Å². The summed E-state index contributed by atoms with van der Waals surface area (Å²) in [5, 5.41) is 14.5. The summed E-state index contributed by atoms with van der Waals surface area (Å²) in [7, 11) is 0. The summed E-state index contributed by atoms with van der Waals surface area (Å²) < 4.78 is 9.91. The first-order valence-electron chi connectivity index (χ1n) is 16.6. The second kappa shape index (κ2) is 13.4. The lowest BCUT2D eigenvalue weighted by molar-refractivity contribution is -0.161. The van der Waals surface area contributed by atoms with Crippen molar-refractivity contribution in [1.29, 1.82) is 0 Å². The average molecular weight is 609 g/mol. The minimum atomic E-state index is -0.659. The number of unbranched alkanes of at least 4 members (excludes halogenated alkanes) is 2. The van der Waals surface area contributed by atoms with E-state index >= 15 is 0 Å². The predicted molar refractivity (Wildman–Crippen MR) is 175 cm³/mol. The Kier molecular flexibility index (Phi) is 9.14. The van der Waals surface area contributed by atoms with E-state index in [-0.39, 0.29) is 17.6 Å². The third kappa shape index (κ3) is 5.80. The minimum Gasteiger partial charge on any atom is -0.465 e. The zero-order valence-electron chi connectivity index (χ0n) is 26.7. The van der Waals surface area contributed by atoms with E-state index in [9.17, 15) is 9.59 Å². The fourth-order valence-corrected chi connectivity index (χ4v) is 7.59. The molecule has 4 aromatic rings. The van der Waals surface area contributed by atoms with Gasteiger partial charge in [0.05, 0.1) is 24.6 Å². The predicted octanol–water partition coefficient (Wildman–Crippen LogP) is 6.84. The molecule has 0 bridgehead atoms. The second-order valence-electron chi connectivity index (χ2n) is 12.6. The summed E-state index contributed by atoms with van der Waals surface area (Å²) in [6.07, 6.45) is 11.4. The molecule has 45 heavy (non-hydrogen) atoms. The molecule has 0 amide bonds. The molecule has 1 atom stereocenters. The average Bonchev–Trinajstić information content (AvgIpc) is 3.69. The van der Waals surface area contributed by atoms with Gasteiger partial charge in [0.25, 0.3) is 5.56 Å². The summed E-state index contributed by atoms with van der Waals surface area (Å²) in [4.78, 5) is 28.1. The fraction of sp³-hybridized carbons (Fsp3) is 0.472. The number of benzene rings is 2. The van der Waals surface area contributed by atoms with Gasteiger partial charge in [-0.1, -0.05) is 93.6 Å². The minimum absolute atomic E-state index is 0.0531. The van der Waals surface area contributed by atoms with E-state index in [4.69, 9.17) is 4.74 Å². The van der Waals surface area contributed by atoms with Gasteiger partial charge in [0.1, 0.15) is 0 Å². The number of nitrogens with zero attached hydrogens (tertiary/aromatic N) is 5. The summed E-state index contributed by atoms with van der Waals surface area (Å²) >= 11 is 0. The number of hydrogen-bond donors (Lipinski definition) is 1. The van der Waals surface area contributed by atoms with Crippen molar-refractivity contribution < 1.29 is 9.53 Å². The Labute approximate surface area is 264 Å². The highest BCUT2D eigenvalue weighted by Crippen LogP contribution is 2.50. The lowest BCUT2D eigenvalue weighted by atomic mass is 9.66. The molecule has 3 heterocycles. The molecule has 1 aliphatic heterocycles. The molecule has 1 fully saturated rings. The molecule has 2 aliphatic rings. The fourth-order valence-electron chi connectivity index (χ4n) is 7.59. The van der Waals surface area contributed by atoms with Gasteiger partial charge < -0.3 is 4.74 Å². The van der Waals surface area contributed by atoms with Crippen LogP contribution >= 0.6 is 0 Å². The zero-order valence-corrected chi connectivity index (χ0v) is 26.7. The lowest BCUT2D eigenvalue weighted by Crippen LogP contribution is -2.47. The van der Waals surface area contributed by atoms with Crippen LogP contribution in [-0.2, 0) is 28.9 Å². The Balaban J connectivity index is 1.40. The summed E-state index contributed by atoms with van der Waals surface area (Å²) in [5.41, 5.74) is 6.56. The molecule has 6 rings (SSSR count). The summed E-state index contributed by atoms with van der Waals surface area (Å²) in [6.45, 7) is 7.10. The maximum atomic E-state index is 14.2. The highest BCUT2D eigenvalue weighted by molar-refractivity contribution is 5.80. The normalized spacial score (nSPS) is 17.5. The van der Waals surface area contributed by atoms with Gasteiger partial charge in [0.15, 0.2) is 5.82 Å². The molecule has 0 saturated heterocycles. The lowest BCUT2D eigenvalue weighted by Gasteiger charge is -2.45. The molecule has 9 nitrogen and oxygen atoms in total. The van der Waals surface area contributed by atoms with Crippen LogP contribution in [0.4, 0.5) is 0 Å². The molecular weight excluding hydrogens is 564 g/mol. The third-order valence-electron chi connectivity index (χ3n) is 9.78. The van der Waals surface area contributed by atoms with Crippen LogP contribution in [0.2, 0.25) is 0 Å². The number of aromatic amines is 1. The number of rotatable bonds is 11. The van der Waals surface area contributed by atoms with Crippen LogP contribution in [0.15, 0.2) is 65.0 Å². The van der Waals surface area contributed by atoms with Gasteiger partial charge >= 0.3 is 5.97 Å². The molecular formula is C36H44N6O3. The Morgan fingerprint density at radius 2 is 1.78 bits per heavy atom. The van der Waals surface area contributed by atoms with Crippen LogP contribution in [-0.4, -0.2) is 42.6 Å². The maximum absolute atomic E-state index is 14.2. The number of allylic oxidation sites excluding steroid dienone is 2. The number of nitrogens with one attached hydrogen (secondary N) is 1. The van der Waals surface area contributed by atoms with Crippen LogP contribution in [0.1, 0.15) is 95.0 Å². The van der Waals surface area contributed by atoms with Crippen molar-refractivity contribution >= 4 is 5.97 Å². The van der Waals surface area contributed by atoms with Gasteiger partial charge in [-0.25, -0.2) is 9.78 Å². The van der Waals surface area contributed by atoms with Crippen LogP contribution in [0.3, 0.4) is 0 Å². The van der Waals surface area contributed by atoms with Crippen molar-refractivity contribution in [3.05, 3.63) is 87.4 Å². The van der Waals surface area contributed by atoms with Gasteiger partial charge in [0.2, 0.25) is 0 Å². The molecule has 2 aromatic carbocycles. The van der Waals surface area contributed by atoms with Gasteiger partial charge in [-0.15, -0.1) is 5.10 Å². The van der Waals surface area contributed by atoms with Gasteiger partial charge in [-0.3, -0.25) is 14.3 Å². The van der Waals surface area contributed by atoms with Crippen LogP contribution in [0, 0.1) is 5.41 Å². The van der Waals surface area contributed by atoms with Crippen molar-refractivity contribution in [1.82, 2.24) is 30.0 Å². The number of carbonyl (C=O) groups excluding carboxylic acids is 1. The Bertz CT molecular complexity index is 1710. The van der Waals surface area contributed by atoms with E-state index in [1.165, 1.54) is 0 Å². The number of H-pyrrole nitrogens is 1. The van der Waals surface area contributed by atoms with Gasteiger partial charge in [0, 0.05) is 23.2 Å². The number of hydrogen-bond acceptors (Lipinski definition) is 6. The van der Waals surface area contributed by atoms with Gasteiger partial charge in [-0.05, 0) is 72.2 Å². The van der Waals surface area contributed by atoms with Crippen molar-refractivity contribution in [2.75, 3.05) is 6.61 Å². The van der Waals surface area contributed by atoms with Crippen LogP contribution < -0.4 is 5.56 Å². The SMILES string of the molecule is CCCCCc1c(Cc2ccc(-c3ccccc3-c3nnn[nH]3)cc2)c(=O)n2n1C(C1(C(=O)OCC)CCCCC1)C(C)=CC2. The van der Waals surface area contributed by atoms with Crippen molar-refractivity contribution in [2.45, 2.75) is 97.6 Å². The topological polar surface area (TPSA) is 108 Å².